The van der Waals surface area contributed by atoms with Gasteiger partial charge in [-0.15, -0.1) is 0 Å². The molecule has 8 heavy (non-hydrogen) atoms. The van der Waals surface area contributed by atoms with Crippen LogP contribution in [0.2, 0.25) is 0 Å². The maximum absolute atomic E-state index is 2.18. The van der Waals surface area contributed by atoms with Gasteiger partial charge in [-0.2, -0.15) is 0 Å². The van der Waals surface area contributed by atoms with Crippen molar-refractivity contribution in [3.8, 4) is 0 Å². The van der Waals surface area contributed by atoms with Crippen LogP contribution in [0.3, 0.4) is 0 Å². The van der Waals surface area contributed by atoms with E-state index in [1.54, 1.807) is 0 Å². The average molecular weight is 112 g/mol. The predicted octanol–water partition coefficient (Wildman–Crippen LogP) is 0.682. The van der Waals surface area contributed by atoms with Gasteiger partial charge in [-0.3, -0.25) is 0 Å². The van der Waals surface area contributed by atoms with Crippen LogP contribution in [0.4, 0.5) is 0 Å². The average Bonchev–Trinajstić information content (AvgIpc) is 2.14. The number of likely N-dealkylation sites (N-methyl/N-ethyl adjacent to an activating group) is 1. The fourth-order valence-electron chi connectivity index (χ4n) is 0.887. The van der Waals surface area contributed by atoms with Gasteiger partial charge in [0, 0.05) is 26.3 Å². The molecule has 0 unspecified atom stereocenters. The molecule has 0 aromatic heterocycles. The number of hydrogen-bond donors (Lipinski definition) is 0. The molecular formula is C6H12N2. The van der Waals surface area contributed by atoms with Crippen molar-refractivity contribution in [2.45, 2.75) is 6.92 Å². The summed E-state index contributed by atoms with van der Waals surface area (Å²) in [7, 11) is 2.09. The van der Waals surface area contributed by atoms with Crippen LogP contribution in [0.25, 0.3) is 0 Å². The largest absolute Gasteiger partial charge is 0.314 e. The van der Waals surface area contributed by atoms with Gasteiger partial charge < -0.3 is 5.01 Å². The first kappa shape index (κ1) is 5.63. The summed E-state index contributed by atoms with van der Waals surface area (Å²) in [6.45, 7) is 4.28. The van der Waals surface area contributed by atoms with Crippen molar-refractivity contribution in [3.05, 3.63) is 12.3 Å². The minimum absolute atomic E-state index is 1.06. The van der Waals surface area contributed by atoms with Crippen molar-refractivity contribution in [1.29, 1.82) is 0 Å². The van der Waals surface area contributed by atoms with E-state index < -0.39 is 0 Å². The molecule has 1 rings (SSSR count). The van der Waals surface area contributed by atoms with Crippen molar-refractivity contribution in [3.63, 3.8) is 0 Å². The Balaban J connectivity index is 2.41. The van der Waals surface area contributed by atoms with Gasteiger partial charge in [-0.1, -0.05) is 6.08 Å². The fraction of sp³-hybridized carbons (Fsp3) is 0.667. The maximum atomic E-state index is 2.18. The molecule has 0 bridgehead atoms. The van der Waals surface area contributed by atoms with Crippen LogP contribution in [0.1, 0.15) is 6.92 Å². The summed E-state index contributed by atoms with van der Waals surface area (Å²) in [5.41, 5.74) is 0. The van der Waals surface area contributed by atoms with E-state index in [0.29, 0.717) is 0 Å². The smallest absolute Gasteiger partial charge is 0.0375 e. The molecule has 1 heterocycles. The summed E-state index contributed by atoms with van der Waals surface area (Å²) in [4.78, 5) is 0. The maximum Gasteiger partial charge on any atom is 0.0375 e. The minimum Gasteiger partial charge on any atom is -0.314 e. The third kappa shape index (κ3) is 0.842. The quantitative estimate of drug-likeness (QED) is 0.492. The molecule has 0 atom stereocenters. The topological polar surface area (TPSA) is 6.48 Å². The Morgan fingerprint density at radius 2 is 2.38 bits per heavy atom. The van der Waals surface area contributed by atoms with Crippen LogP contribution in [-0.4, -0.2) is 30.2 Å². The van der Waals surface area contributed by atoms with Crippen LogP contribution in [0.5, 0.6) is 0 Å². The first-order valence-electron chi connectivity index (χ1n) is 2.99. The van der Waals surface area contributed by atoms with Crippen LogP contribution < -0.4 is 0 Å². The number of hydrogen-bond acceptors (Lipinski definition) is 2. The van der Waals surface area contributed by atoms with E-state index in [1.165, 1.54) is 0 Å². The molecule has 0 amide bonds. The van der Waals surface area contributed by atoms with E-state index in [9.17, 15) is 0 Å². The Morgan fingerprint density at radius 1 is 1.62 bits per heavy atom. The van der Waals surface area contributed by atoms with Crippen LogP contribution in [0.15, 0.2) is 12.3 Å². The second kappa shape index (κ2) is 2.18. The van der Waals surface area contributed by atoms with Crippen LogP contribution in [-0.2, 0) is 0 Å². The zero-order valence-corrected chi connectivity index (χ0v) is 5.46. The normalized spacial score (nSPS) is 20.5. The Morgan fingerprint density at radius 3 is 2.62 bits per heavy atom. The summed E-state index contributed by atoms with van der Waals surface area (Å²) >= 11 is 0. The lowest BCUT2D eigenvalue weighted by atomic mass is 10.6. The summed E-state index contributed by atoms with van der Waals surface area (Å²) in [6, 6.07) is 0. The van der Waals surface area contributed by atoms with Crippen LogP contribution >= 0.6 is 0 Å². The predicted molar refractivity (Wildman–Crippen MR) is 34.1 cm³/mol. The highest BCUT2D eigenvalue weighted by molar-refractivity contribution is 4.89. The Kier molecular flexibility index (Phi) is 1.53. The molecule has 0 aliphatic carbocycles. The molecule has 2 heteroatoms. The zero-order chi connectivity index (χ0) is 5.98. The van der Waals surface area contributed by atoms with E-state index in [4.69, 9.17) is 0 Å². The highest BCUT2D eigenvalue weighted by atomic mass is 15.6. The summed E-state index contributed by atoms with van der Waals surface area (Å²) < 4.78 is 0. The highest BCUT2D eigenvalue weighted by Gasteiger charge is 2.06. The molecule has 0 aromatic carbocycles. The van der Waals surface area contributed by atoms with E-state index in [0.717, 1.165) is 13.1 Å². The Hall–Kier alpha value is -0.500. The number of nitrogens with zero attached hydrogens (tertiary/aromatic N) is 2. The van der Waals surface area contributed by atoms with Gasteiger partial charge in [0.2, 0.25) is 0 Å². The van der Waals surface area contributed by atoms with E-state index in [1.807, 2.05) is 0 Å². The number of hydrazine groups is 1. The fourth-order valence-corrected chi connectivity index (χ4v) is 0.887. The second-order valence-corrected chi connectivity index (χ2v) is 1.98. The summed E-state index contributed by atoms with van der Waals surface area (Å²) in [6.07, 6.45) is 4.27. The van der Waals surface area contributed by atoms with Gasteiger partial charge in [-0.25, -0.2) is 5.01 Å². The van der Waals surface area contributed by atoms with Gasteiger partial charge in [-0.05, 0) is 6.92 Å². The SMILES string of the molecule is CCN1C=CCN1C. The van der Waals surface area contributed by atoms with Crippen molar-refractivity contribution in [2.75, 3.05) is 20.1 Å². The van der Waals surface area contributed by atoms with E-state index >= 15 is 0 Å². The Labute approximate surface area is 50.4 Å². The lowest BCUT2D eigenvalue weighted by Gasteiger charge is -2.22. The first-order valence-corrected chi connectivity index (χ1v) is 2.99. The highest BCUT2D eigenvalue weighted by Crippen LogP contribution is 2.01. The van der Waals surface area contributed by atoms with Crippen molar-refractivity contribution in [2.24, 2.45) is 0 Å². The molecule has 0 N–H and O–H groups in total. The van der Waals surface area contributed by atoms with E-state index in [-0.39, 0.29) is 0 Å². The molecule has 0 radical (unpaired) electrons. The molecular weight excluding hydrogens is 100 g/mol. The lowest BCUT2D eigenvalue weighted by Crippen LogP contribution is -2.30. The third-order valence-corrected chi connectivity index (χ3v) is 1.41. The van der Waals surface area contributed by atoms with Crippen LogP contribution in [0, 0.1) is 0 Å². The zero-order valence-electron chi connectivity index (χ0n) is 5.46. The molecule has 46 valence electrons. The van der Waals surface area contributed by atoms with Gasteiger partial charge in [0.25, 0.3) is 0 Å². The standard InChI is InChI=1S/C6H12N2/c1-3-8-6-4-5-7(8)2/h4,6H,3,5H2,1-2H3. The molecule has 1 aliphatic rings. The van der Waals surface area contributed by atoms with E-state index in [2.05, 4.69) is 36.3 Å². The molecule has 2 nitrogen and oxygen atoms in total. The third-order valence-electron chi connectivity index (χ3n) is 1.41. The van der Waals surface area contributed by atoms with Crippen molar-refractivity contribution < 1.29 is 0 Å². The minimum atomic E-state index is 1.06. The monoisotopic (exact) mass is 112 g/mol. The Bertz CT molecular complexity index is 98.7. The molecule has 0 aromatic rings. The van der Waals surface area contributed by atoms with Crippen molar-refractivity contribution >= 4 is 0 Å². The lowest BCUT2D eigenvalue weighted by molar-refractivity contribution is 0.0909. The summed E-state index contributed by atoms with van der Waals surface area (Å²) in [5.74, 6) is 0. The van der Waals surface area contributed by atoms with Crippen molar-refractivity contribution in [1.82, 2.24) is 10.0 Å². The number of rotatable bonds is 1. The van der Waals surface area contributed by atoms with Gasteiger partial charge in [0.15, 0.2) is 0 Å². The second-order valence-electron chi connectivity index (χ2n) is 1.98. The first-order chi connectivity index (χ1) is 3.84. The molecule has 0 fully saturated rings. The van der Waals surface area contributed by atoms with Gasteiger partial charge in [0.1, 0.15) is 0 Å². The molecule has 0 saturated carbocycles. The summed E-state index contributed by atoms with van der Waals surface area (Å²) in [5, 5.41) is 4.36. The van der Waals surface area contributed by atoms with Gasteiger partial charge >= 0.3 is 0 Å². The molecule has 0 saturated heterocycles. The van der Waals surface area contributed by atoms with Gasteiger partial charge in [0.05, 0.1) is 0 Å². The molecule has 0 spiro atoms. The molecule has 1 aliphatic heterocycles.